The van der Waals surface area contributed by atoms with E-state index < -0.39 is 4.92 Å². The summed E-state index contributed by atoms with van der Waals surface area (Å²) in [4.78, 5) is 22.7. The van der Waals surface area contributed by atoms with Crippen LogP contribution < -0.4 is 10.1 Å². The van der Waals surface area contributed by atoms with Crippen LogP contribution in [0.25, 0.3) is 21.9 Å². The van der Waals surface area contributed by atoms with E-state index in [1.807, 2.05) is 30.3 Å². The molecule has 0 aliphatic heterocycles. The van der Waals surface area contributed by atoms with Crippen LogP contribution in [-0.2, 0) is 11.2 Å². The fourth-order valence-corrected chi connectivity index (χ4v) is 3.13. The van der Waals surface area contributed by atoms with Crippen molar-refractivity contribution in [3.05, 3.63) is 76.3 Å². The summed E-state index contributed by atoms with van der Waals surface area (Å²) in [6.07, 6.45) is 0.0827. The van der Waals surface area contributed by atoms with Gasteiger partial charge in [0.05, 0.1) is 24.1 Å². The van der Waals surface area contributed by atoms with E-state index in [0.717, 1.165) is 16.4 Å². The molecule has 1 aromatic heterocycles. The number of hydrogen-bond acceptors (Lipinski definition) is 5. The molecule has 0 fully saturated rings. The molecule has 3 aromatic carbocycles. The number of nitrogens with one attached hydrogen (secondary N) is 1. The second-order valence-electron chi connectivity index (χ2n) is 6.30. The minimum absolute atomic E-state index is 0.0128. The highest BCUT2D eigenvalue weighted by Gasteiger charge is 2.14. The number of carbonyl (C=O) groups is 1. The van der Waals surface area contributed by atoms with Crippen LogP contribution in [0, 0.1) is 10.1 Å². The van der Waals surface area contributed by atoms with E-state index in [1.54, 1.807) is 18.2 Å². The standard InChI is InChI=1S/C21H16N2O5/c1-27-20-11-16-15-4-2-3-5-18(15)28-19(16)12-17(20)22-21(24)10-13-6-8-14(9-7-13)23(25)26/h2-9,11-12H,10H2,1H3,(H,22,24). The lowest BCUT2D eigenvalue weighted by Gasteiger charge is -2.10. The Hall–Kier alpha value is -3.87. The monoisotopic (exact) mass is 376 g/mol. The predicted octanol–water partition coefficient (Wildman–Crippen LogP) is 4.68. The topological polar surface area (TPSA) is 94.6 Å². The van der Waals surface area contributed by atoms with Crippen LogP contribution in [0.2, 0.25) is 0 Å². The third kappa shape index (κ3) is 3.25. The van der Waals surface area contributed by atoms with Crippen molar-refractivity contribution in [2.45, 2.75) is 6.42 Å². The molecule has 4 rings (SSSR count). The number of furan rings is 1. The molecule has 1 heterocycles. The lowest BCUT2D eigenvalue weighted by Crippen LogP contribution is -2.15. The number of nitrogens with zero attached hydrogens (tertiary/aromatic N) is 1. The number of non-ortho nitro benzene ring substituents is 1. The second-order valence-corrected chi connectivity index (χ2v) is 6.30. The van der Waals surface area contributed by atoms with E-state index in [2.05, 4.69) is 5.32 Å². The van der Waals surface area contributed by atoms with E-state index >= 15 is 0 Å². The summed E-state index contributed by atoms with van der Waals surface area (Å²) in [7, 11) is 1.54. The summed E-state index contributed by atoms with van der Waals surface area (Å²) in [5.74, 6) is 0.263. The van der Waals surface area contributed by atoms with Gasteiger partial charge in [0.15, 0.2) is 0 Å². The normalized spacial score (nSPS) is 10.9. The number of amides is 1. The number of fused-ring (bicyclic) bond motifs is 3. The lowest BCUT2D eigenvalue weighted by molar-refractivity contribution is -0.384. The number of nitro groups is 1. The zero-order valence-corrected chi connectivity index (χ0v) is 15.0. The number of hydrogen-bond donors (Lipinski definition) is 1. The number of benzene rings is 3. The van der Waals surface area contributed by atoms with E-state index in [0.29, 0.717) is 22.6 Å². The summed E-state index contributed by atoms with van der Waals surface area (Å²) in [5, 5.41) is 15.4. The molecule has 1 N–H and O–H groups in total. The average molecular weight is 376 g/mol. The Morgan fingerprint density at radius 1 is 1.07 bits per heavy atom. The van der Waals surface area contributed by atoms with Crippen molar-refractivity contribution >= 4 is 39.2 Å². The van der Waals surface area contributed by atoms with Gasteiger partial charge in [-0.1, -0.05) is 30.3 Å². The maximum absolute atomic E-state index is 12.4. The molecule has 0 unspecified atom stereocenters. The van der Waals surface area contributed by atoms with Crippen molar-refractivity contribution in [1.82, 2.24) is 0 Å². The minimum atomic E-state index is -0.475. The molecule has 0 saturated carbocycles. The summed E-state index contributed by atoms with van der Waals surface area (Å²) in [5.41, 5.74) is 2.57. The van der Waals surface area contributed by atoms with Gasteiger partial charge in [-0.25, -0.2) is 0 Å². The first-order valence-corrected chi connectivity index (χ1v) is 8.57. The van der Waals surface area contributed by atoms with Gasteiger partial charge in [0.2, 0.25) is 5.91 Å². The van der Waals surface area contributed by atoms with Gasteiger partial charge in [-0.05, 0) is 17.7 Å². The lowest BCUT2D eigenvalue weighted by atomic mass is 10.1. The van der Waals surface area contributed by atoms with Crippen LogP contribution in [0.4, 0.5) is 11.4 Å². The van der Waals surface area contributed by atoms with Crippen LogP contribution in [0.5, 0.6) is 5.75 Å². The summed E-state index contributed by atoms with van der Waals surface area (Å²) in [6.45, 7) is 0. The van der Waals surface area contributed by atoms with E-state index in [4.69, 9.17) is 9.15 Å². The minimum Gasteiger partial charge on any atom is -0.495 e. The summed E-state index contributed by atoms with van der Waals surface area (Å²) >= 11 is 0. The van der Waals surface area contributed by atoms with Crippen molar-refractivity contribution in [2.24, 2.45) is 0 Å². The SMILES string of the molecule is COc1cc2c(cc1NC(=O)Cc1ccc([N+](=O)[O-])cc1)oc1ccccc12. The molecule has 140 valence electrons. The molecule has 0 bridgehead atoms. The number of rotatable bonds is 5. The van der Waals surface area contributed by atoms with Gasteiger partial charge in [-0.15, -0.1) is 0 Å². The molecule has 0 aliphatic rings. The molecule has 0 aliphatic carbocycles. The van der Waals surface area contributed by atoms with Crippen LogP contribution in [0.1, 0.15) is 5.56 Å². The number of carbonyl (C=O) groups excluding carboxylic acids is 1. The molecule has 7 heteroatoms. The molecular formula is C21H16N2O5. The zero-order valence-electron chi connectivity index (χ0n) is 15.0. The second kappa shape index (κ2) is 7.03. The molecule has 0 spiro atoms. The highest BCUT2D eigenvalue weighted by molar-refractivity contribution is 6.07. The fraction of sp³-hybridized carbons (Fsp3) is 0.0952. The third-order valence-electron chi connectivity index (χ3n) is 4.48. The smallest absolute Gasteiger partial charge is 0.269 e. The Labute approximate surface area is 159 Å². The number of ether oxygens (including phenoxy) is 1. The Morgan fingerprint density at radius 3 is 2.54 bits per heavy atom. The molecule has 4 aromatic rings. The molecule has 1 amide bonds. The fourth-order valence-electron chi connectivity index (χ4n) is 3.13. The number of nitro benzene ring substituents is 1. The molecule has 0 saturated heterocycles. The van der Waals surface area contributed by atoms with Gasteiger partial charge in [0.1, 0.15) is 16.9 Å². The van der Waals surface area contributed by atoms with E-state index in [-0.39, 0.29) is 18.0 Å². The summed E-state index contributed by atoms with van der Waals surface area (Å²) < 4.78 is 11.3. The maximum Gasteiger partial charge on any atom is 0.269 e. The Bertz CT molecular complexity index is 1190. The van der Waals surface area contributed by atoms with Gasteiger partial charge in [-0.3, -0.25) is 14.9 Å². The summed E-state index contributed by atoms with van der Waals surface area (Å²) in [6, 6.07) is 17.1. The molecule has 0 radical (unpaired) electrons. The average Bonchev–Trinajstić information content (AvgIpc) is 3.05. The molecule has 7 nitrogen and oxygen atoms in total. The van der Waals surface area contributed by atoms with Crippen LogP contribution in [0.15, 0.2) is 65.1 Å². The first-order chi connectivity index (χ1) is 13.5. The van der Waals surface area contributed by atoms with Crippen LogP contribution in [-0.4, -0.2) is 17.9 Å². The molecular weight excluding hydrogens is 360 g/mol. The van der Waals surface area contributed by atoms with Crippen molar-refractivity contribution in [3.63, 3.8) is 0 Å². The predicted molar refractivity (Wildman–Crippen MR) is 106 cm³/mol. The Balaban J connectivity index is 1.60. The van der Waals surface area contributed by atoms with Gasteiger partial charge in [0.25, 0.3) is 5.69 Å². The van der Waals surface area contributed by atoms with Crippen LogP contribution in [0.3, 0.4) is 0 Å². The van der Waals surface area contributed by atoms with Crippen molar-refractivity contribution in [3.8, 4) is 5.75 Å². The first-order valence-electron chi connectivity index (χ1n) is 8.57. The van der Waals surface area contributed by atoms with Crippen LogP contribution >= 0.6 is 0 Å². The van der Waals surface area contributed by atoms with Gasteiger partial charge >= 0.3 is 0 Å². The maximum atomic E-state index is 12.4. The third-order valence-corrected chi connectivity index (χ3v) is 4.48. The van der Waals surface area contributed by atoms with E-state index in [9.17, 15) is 14.9 Å². The number of para-hydroxylation sites is 1. The highest BCUT2D eigenvalue weighted by Crippen LogP contribution is 2.36. The molecule has 0 atom stereocenters. The van der Waals surface area contributed by atoms with Crippen molar-refractivity contribution in [1.29, 1.82) is 0 Å². The van der Waals surface area contributed by atoms with Gasteiger partial charge < -0.3 is 14.5 Å². The Kier molecular flexibility index (Phi) is 4.41. The highest BCUT2D eigenvalue weighted by atomic mass is 16.6. The van der Waals surface area contributed by atoms with E-state index in [1.165, 1.54) is 19.2 Å². The molecule has 28 heavy (non-hydrogen) atoms. The zero-order chi connectivity index (χ0) is 19.7. The van der Waals surface area contributed by atoms with Gasteiger partial charge in [0, 0.05) is 29.0 Å². The van der Waals surface area contributed by atoms with Gasteiger partial charge in [-0.2, -0.15) is 0 Å². The quantitative estimate of drug-likeness (QED) is 0.403. The first kappa shape index (κ1) is 17.5. The Morgan fingerprint density at radius 2 is 1.82 bits per heavy atom. The largest absolute Gasteiger partial charge is 0.495 e. The number of methoxy groups -OCH3 is 1. The van der Waals surface area contributed by atoms with Crippen molar-refractivity contribution in [2.75, 3.05) is 12.4 Å². The van der Waals surface area contributed by atoms with Crippen molar-refractivity contribution < 1.29 is 18.9 Å². The number of anilines is 1.